The van der Waals surface area contributed by atoms with Crippen molar-refractivity contribution in [3.8, 4) is 5.75 Å². The summed E-state index contributed by atoms with van der Waals surface area (Å²) in [4.78, 5) is -0.349. The molecule has 0 aliphatic rings. The molecule has 0 aliphatic heterocycles. The third-order valence-corrected chi connectivity index (χ3v) is 3.39. The quantitative estimate of drug-likeness (QED) is 0.779. The van der Waals surface area contributed by atoms with Crippen molar-refractivity contribution in [1.29, 1.82) is 0 Å². The van der Waals surface area contributed by atoms with Crippen LogP contribution in [0.5, 0.6) is 5.75 Å². The molecule has 5 nitrogen and oxygen atoms in total. The largest absolute Gasteiger partial charge is 3.00 e. The molecule has 3 N–H and O–H groups in total. The van der Waals surface area contributed by atoms with E-state index in [0.29, 0.717) is 10.9 Å². The Labute approximate surface area is 130 Å². The monoisotopic (exact) mass is 341 g/mol. The fraction of sp³-hybridized carbons (Fsp3) is 0.0909. The number of hydrogen-bond acceptors (Lipinski definition) is 3. The maximum atomic E-state index is 11.0. The predicted octanol–water partition coefficient (Wildman–Crippen LogP) is 2.78. The third kappa shape index (κ3) is 2.66. The Kier molecular flexibility index (Phi) is 4.38. The maximum Gasteiger partial charge on any atom is 3.00 e. The summed E-state index contributed by atoms with van der Waals surface area (Å²) in [6.07, 6.45) is 0. The molecule has 90 valence electrons. The van der Waals surface area contributed by atoms with Gasteiger partial charge >= 0.3 is 32.7 Å². The van der Waals surface area contributed by atoms with E-state index in [1.807, 2.05) is 0 Å². The van der Waals surface area contributed by atoms with Gasteiger partial charge in [0.05, 0.1) is 4.90 Å². The number of phenols is 1. The molecule has 0 unspecified atom stereocenters. The molecule has 0 aromatic heterocycles. The van der Waals surface area contributed by atoms with Crippen LogP contribution in [0.2, 0.25) is 0 Å². The van der Waals surface area contributed by atoms with E-state index in [1.165, 1.54) is 6.07 Å². The van der Waals surface area contributed by atoms with Crippen molar-refractivity contribution in [3.63, 3.8) is 0 Å². The van der Waals surface area contributed by atoms with E-state index in [0.717, 1.165) is 6.07 Å². The smallest absolute Gasteiger partial charge is 0.698 e. The van der Waals surface area contributed by atoms with Gasteiger partial charge in [0.2, 0.25) is 0 Å². The first-order valence-electron chi connectivity index (χ1n) is 4.76. The molecule has 0 atom stereocenters. The minimum atomic E-state index is -4.34. The first-order valence-corrected chi connectivity index (χ1v) is 6.20. The zero-order valence-corrected chi connectivity index (χ0v) is 13.2. The van der Waals surface area contributed by atoms with Gasteiger partial charge in [0, 0.05) is 5.39 Å². The Hall–Kier alpha value is -0.686. The number of fused-ring (bicyclic) bond motifs is 1. The Morgan fingerprint density at radius 2 is 1.83 bits per heavy atom. The van der Waals surface area contributed by atoms with Crippen molar-refractivity contribution in [2.75, 3.05) is 0 Å². The summed E-state index contributed by atoms with van der Waals surface area (Å²) in [6.45, 7) is 1.69. The second kappa shape index (κ2) is 5.13. The van der Waals surface area contributed by atoms with Gasteiger partial charge in [-0.05, 0) is 23.9 Å². The molecule has 0 radical (unpaired) electrons. The van der Waals surface area contributed by atoms with Crippen LogP contribution in [-0.2, 0) is 42.8 Å². The SMILES string of the molecule is Cc1ccc2cc(S(=O)(=O)O)cc([NH-])c2c1O.[Y+3]. The van der Waals surface area contributed by atoms with E-state index in [2.05, 4.69) is 0 Å². The topological polar surface area (TPSA) is 98.4 Å². The van der Waals surface area contributed by atoms with Crippen LogP contribution in [0.15, 0.2) is 29.2 Å². The van der Waals surface area contributed by atoms with Gasteiger partial charge in [-0.1, -0.05) is 18.2 Å². The molecule has 0 fully saturated rings. The van der Waals surface area contributed by atoms with Crippen LogP contribution >= 0.6 is 0 Å². The average Bonchev–Trinajstić information content (AvgIpc) is 2.21. The number of nitrogens with one attached hydrogen (secondary N) is 1. The minimum Gasteiger partial charge on any atom is -0.698 e. The Morgan fingerprint density at radius 1 is 1.22 bits per heavy atom. The fourth-order valence-electron chi connectivity index (χ4n) is 1.67. The van der Waals surface area contributed by atoms with E-state index < -0.39 is 10.1 Å². The normalized spacial score (nSPS) is 11.2. The van der Waals surface area contributed by atoms with Gasteiger partial charge in [-0.25, -0.2) is 0 Å². The predicted molar refractivity (Wildman–Crippen MR) is 64.1 cm³/mol. The van der Waals surface area contributed by atoms with Gasteiger partial charge in [0.15, 0.2) is 0 Å². The summed E-state index contributed by atoms with van der Waals surface area (Å²) in [5, 5.41) is 10.5. The van der Waals surface area contributed by atoms with Crippen LogP contribution < -0.4 is 0 Å². The summed E-state index contributed by atoms with van der Waals surface area (Å²) in [7, 11) is -4.34. The first kappa shape index (κ1) is 15.4. The van der Waals surface area contributed by atoms with E-state index in [9.17, 15) is 13.5 Å². The van der Waals surface area contributed by atoms with Crippen LogP contribution in [0.3, 0.4) is 0 Å². The molecule has 7 heteroatoms. The van der Waals surface area contributed by atoms with Gasteiger partial charge in [-0.15, -0.1) is 5.69 Å². The van der Waals surface area contributed by atoms with Gasteiger partial charge in [-0.2, -0.15) is 8.42 Å². The van der Waals surface area contributed by atoms with Crippen molar-refractivity contribution in [2.45, 2.75) is 11.8 Å². The summed E-state index contributed by atoms with van der Waals surface area (Å²) in [5.41, 5.74) is 8.15. The minimum absolute atomic E-state index is 0. The van der Waals surface area contributed by atoms with Crippen LogP contribution in [0, 0.1) is 6.92 Å². The molecule has 2 rings (SSSR count). The number of aryl methyl sites for hydroxylation is 1. The van der Waals surface area contributed by atoms with E-state index in [4.69, 9.17) is 10.3 Å². The van der Waals surface area contributed by atoms with Crippen LogP contribution in [0.4, 0.5) is 5.69 Å². The molecule has 0 spiro atoms. The standard InChI is InChI=1S/C11H10NO4S.Y/c1-6-2-3-7-4-8(17(14,15)16)5-9(12)10(7)11(6)13;/h2-5,12-13H,1H3,(H,14,15,16);/q-1;+3. The summed E-state index contributed by atoms with van der Waals surface area (Å²) >= 11 is 0. The molecular formula is C11H10NO4SY+2. The van der Waals surface area contributed by atoms with Crippen molar-refractivity contribution in [1.82, 2.24) is 0 Å². The van der Waals surface area contributed by atoms with Crippen molar-refractivity contribution >= 4 is 26.6 Å². The zero-order valence-electron chi connectivity index (χ0n) is 9.51. The zero-order chi connectivity index (χ0) is 12.8. The molecule has 18 heavy (non-hydrogen) atoms. The fourth-order valence-corrected chi connectivity index (χ4v) is 2.22. The summed E-state index contributed by atoms with van der Waals surface area (Å²) in [6, 6.07) is 5.45. The molecule has 0 saturated carbocycles. The second-order valence-electron chi connectivity index (χ2n) is 3.78. The first-order chi connectivity index (χ1) is 7.80. The van der Waals surface area contributed by atoms with Gasteiger partial charge in [-0.3, -0.25) is 4.55 Å². The summed E-state index contributed by atoms with van der Waals surface area (Å²) in [5.74, 6) is -0.0469. The molecule has 0 bridgehead atoms. The number of aromatic hydroxyl groups is 1. The van der Waals surface area contributed by atoms with E-state index in [-0.39, 0.29) is 54.4 Å². The number of hydrogen-bond donors (Lipinski definition) is 2. The molecule has 2 aromatic carbocycles. The van der Waals surface area contributed by atoms with Crippen molar-refractivity contribution < 1.29 is 50.8 Å². The van der Waals surface area contributed by atoms with Crippen LogP contribution in [-0.4, -0.2) is 18.1 Å². The third-order valence-electron chi connectivity index (χ3n) is 2.56. The molecule has 0 saturated heterocycles. The Balaban J connectivity index is 0.00000162. The molecule has 2 aromatic rings. The molecule has 0 amide bonds. The van der Waals surface area contributed by atoms with Crippen LogP contribution in [0.1, 0.15) is 5.56 Å². The second-order valence-corrected chi connectivity index (χ2v) is 5.20. The van der Waals surface area contributed by atoms with Gasteiger partial charge < -0.3 is 10.8 Å². The molecule has 0 heterocycles. The van der Waals surface area contributed by atoms with Gasteiger partial charge in [0.25, 0.3) is 10.1 Å². The maximum absolute atomic E-state index is 11.0. The number of benzene rings is 2. The van der Waals surface area contributed by atoms with Gasteiger partial charge in [0.1, 0.15) is 5.75 Å². The average molecular weight is 341 g/mol. The van der Waals surface area contributed by atoms with Crippen LogP contribution in [0.25, 0.3) is 16.5 Å². The van der Waals surface area contributed by atoms with Crippen molar-refractivity contribution in [3.05, 3.63) is 35.6 Å². The Morgan fingerprint density at radius 3 is 2.39 bits per heavy atom. The number of phenolic OH excluding ortho intramolecular Hbond substituents is 1. The van der Waals surface area contributed by atoms with Crippen molar-refractivity contribution in [2.24, 2.45) is 0 Å². The Bertz CT molecular complexity index is 713. The van der Waals surface area contributed by atoms with E-state index in [1.54, 1.807) is 19.1 Å². The van der Waals surface area contributed by atoms with E-state index >= 15 is 0 Å². The summed E-state index contributed by atoms with van der Waals surface area (Å²) < 4.78 is 30.9. The molecular weight excluding hydrogens is 331 g/mol. The molecule has 0 aliphatic carbocycles. The number of rotatable bonds is 1.